The molecule has 186 valence electrons. The Morgan fingerprint density at radius 3 is 2.14 bits per heavy atom. The molecule has 0 spiro atoms. The quantitative estimate of drug-likeness (QED) is 0.160. The van der Waals surface area contributed by atoms with Gasteiger partial charge in [0.1, 0.15) is 28.9 Å². The Bertz CT molecular complexity index is 1440. The molecule has 4 N–H and O–H groups in total. The molecule has 1 aliphatic rings. The van der Waals surface area contributed by atoms with E-state index >= 15 is 0 Å². The summed E-state index contributed by atoms with van der Waals surface area (Å²) in [5.41, 5.74) is 2.29. The minimum absolute atomic E-state index is 0.0183. The van der Waals surface area contributed by atoms with Gasteiger partial charge >= 0.3 is 0 Å². The van der Waals surface area contributed by atoms with E-state index in [1.54, 1.807) is 6.08 Å². The molecular formula is C30H24O7. The summed E-state index contributed by atoms with van der Waals surface area (Å²) in [6.07, 6.45) is 2.74. The van der Waals surface area contributed by atoms with Crippen molar-refractivity contribution in [3.05, 3.63) is 119 Å². The SMILES string of the molecule is O=C(C=Cc1ccccc1)c1ccccc1.O=C1C[C@@H](c2ccc(O)c(O)c2)Oc2cc(O)cc(O)c21. The van der Waals surface area contributed by atoms with Crippen molar-refractivity contribution in [2.24, 2.45) is 0 Å². The van der Waals surface area contributed by atoms with E-state index in [2.05, 4.69) is 0 Å². The molecule has 5 rings (SSSR count). The molecule has 0 saturated heterocycles. The number of ether oxygens (including phenoxy) is 1. The van der Waals surface area contributed by atoms with Gasteiger partial charge in [-0.3, -0.25) is 9.59 Å². The first-order valence-corrected chi connectivity index (χ1v) is 11.4. The maximum Gasteiger partial charge on any atom is 0.185 e. The zero-order chi connectivity index (χ0) is 26.4. The van der Waals surface area contributed by atoms with Crippen LogP contribution in [0.15, 0.2) is 97.1 Å². The van der Waals surface area contributed by atoms with E-state index in [4.69, 9.17) is 4.74 Å². The van der Waals surface area contributed by atoms with Crippen LogP contribution in [0.2, 0.25) is 0 Å². The predicted molar refractivity (Wildman–Crippen MR) is 138 cm³/mol. The molecule has 7 heteroatoms. The number of Topliss-reactive ketones (excluding diaryl/α,β-unsaturated/α-hetero) is 1. The van der Waals surface area contributed by atoms with E-state index in [0.29, 0.717) is 5.56 Å². The minimum atomic E-state index is -0.669. The number of rotatable bonds is 4. The van der Waals surface area contributed by atoms with Crippen molar-refractivity contribution >= 4 is 17.6 Å². The highest BCUT2D eigenvalue weighted by atomic mass is 16.5. The summed E-state index contributed by atoms with van der Waals surface area (Å²) in [5, 5.41) is 38.0. The lowest BCUT2D eigenvalue weighted by atomic mass is 9.95. The van der Waals surface area contributed by atoms with Crippen molar-refractivity contribution in [1.29, 1.82) is 0 Å². The van der Waals surface area contributed by atoms with Crippen molar-refractivity contribution in [3.63, 3.8) is 0 Å². The highest BCUT2D eigenvalue weighted by Gasteiger charge is 2.31. The van der Waals surface area contributed by atoms with Gasteiger partial charge in [0.15, 0.2) is 23.1 Å². The number of benzene rings is 4. The Balaban J connectivity index is 0.000000180. The van der Waals surface area contributed by atoms with Gasteiger partial charge < -0.3 is 25.2 Å². The van der Waals surface area contributed by atoms with E-state index in [-0.39, 0.29) is 52.3 Å². The Morgan fingerprint density at radius 1 is 0.784 bits per heavy atom. The van der Waals surface area contributed by atoms with Crippen molar-refractivity contribution in [2.75, 3.05) is 0 Å². The summed E-state index contributed by atoms with van der Waals surface area (Å²) >= 11 is 0. The molecule has 4 aromatic rings. The first kappa shape index (κ1) is 25.1. The van der Waals surface area contributed by atoms with Gasteiger partial charge in [-0.15, -0.1) is 0 Å². The van der Waals surface area contributed by atoms with Gasteiger partial charge in [0, 0.05) is 17.7 Å². The van der Waals surface area contributed by atoms with Crippen LogP contribution in [-0.2, 0) is 0 Å². The number of carbonyl (C=O) groups excluding carboxylic acids is 2. The molecule has 1 atom stereocenters. The summed E-state index contributed by atoms with van der Waals surface area (Å²) < 4.78 is 5.61. The van der Waals surface area contributed by atoms with Crippen LogP contribution >= 0.6 is 0 Å². The molecule has 37 heavy (non-hydrogen) atoms. The maximum absolute atomic E-state index is 12.1. The van der Waals surface area contributed by atoms with Crippen LogP contribution < -0.4 is 4.74 Å². The molecule has 0 saturated carbocycles. The van der Waals surface area contributed by atoms with Crippen LogP contribution in [0.25, 0.3) is 6.08 Å². The summed E-state index contributed by atoms with van der Waals surface area (Å²) in [4.78, 5) is 23.9. The molecule has 1 heterocycles. The molecule has 0 unspecified atom stereocenters. The summed E-state index contributed by atoms with van der Waals surface area (Å²) in [7, 11) is 0. The fourth-order valence-corrected chi connectivity index (χ4v) is 3.79. The molecule has 0 aliphatic carbocycles. The molecule has 0 fully saturated rings. The number of fused-ring (bicyclic) bond motifs is 1. The number of hydrogen-bond donors (Lipinski definition) is 4. The van der Waals surface area contributed by atoms with Gasteiger partial charge in [0.2, 0.25) is 0 Å². The van der Waals surface area contributed by atoms with Crippen LogP contribution in [0.1, 0.15) is 44.4 Å². The van der Waals surface area contributed by atoms with E-state index in [9.17, 15) is 30.0 Å². The highest BCUT2D eigenvalue weighted by molar-refractivity contribution is 6.06. The van der Waals surface area contributed by atoms with E-state index in [1.807, 2.05) is 66.7 Å². The Labute approximate surface area is 213 Å². The average Bonchev–Trinajstić information content (AvgIpc) is 2.89. The highest BCUT2D eigenvalue weighted by Crippen LogP contribution is 2.42. The minimum Gasteiger partial charge on any atom is -0.508 e. The molecule has 4 aromatic carbocycles. The van der Waals surface area contributed by atoms with Crippen LogP contribution in [0.5, 0.6) is 28.7 Å². The Hall–Kier alpha value is -5.04. The first-order valence-electron chi connectivity index (χ1n) is 11.4. The van der Waals surface area contributed by atoms with E-state index in [0.717, 1.165) is 17.2 Å². The van der Waals surface area contributed by atoms with Gasteiger partial charge in [-0.2, -0.15) is 0 Å². The van der Waals surface area contributed by atoms with Crippen molar-refractivity contribution < 1.29 is 34.8 Å². The number of phenols is 4. The smallest absolute Gasteiger partial charge is 0.185 e. The van der Waals surface area contributed by atoms with Crippen molar-refractivity contribution in [2.45, 2.75) is 12.5 Å². The Morgan fingerprint density at radius 2 is 1.46 bits per heavy atom. The zero-order valence-electron chi connectivity index (χ0n) is 19.6. The predicted octanol–water partition coefficient (Wildman–Crippen LogP) is 5.80. The van der Waals surface area contributed by atoms with Crippen LogP contribution in [-0.4, -0.2) is 32.0 Å². The number of aromatic hydroxyl groups is 4. The zero-order valence-corrected chi connectivity index (χ0v) is 19.6. The third kappa shape index (κ3) is 6.15. The van der Waals surface area contributed by atoms with Crippen molar-refractivity contribution in [1.82, 2.24) is 0 Å². The lowest BCUT2D eigenvalue weighted by molar-refractivity contribution is 0.0844. The second-order valence-electron chi connectivity index (χ2n) is 8.29. The molecule has 7 nitrogen and oxygen atoms in total. The van der Waals surface area contributed by atoms with Gasteiger partial charge in [-0.05, 0) is 29.3 Å². The van der Waals surface area contributed by atoms with Crippen LogP contribution in [0.3, 0.4) is 0 Å². The second-order valence-corrected chi connectivity index (χ2v) is 8.29. The lowest BCUT2D eigenvalue weighted by Gasteiger charge is -2.26. The standard InChI is InChI=1S/C15H12O6.C15H12O/c16-8-4-11(19)15-12(20)6-13(21-14(15)5-8)7-1-2-9(17)10(18)3-7;16-15(14-9-5-2-6-10-14)12-11-13-7-3-1-4-8-13/h1-5,13,16-19H,6H2;1-12H/t13-;/m0./s1. The topological polar surface area (TPSA) is 124 Å². The third-order valence-electron chi connectivity index (χ3n) is 5.64. The molecular weight excluding hydrogens is 472 g/mol. The average molecular weight is 497 g/mol. The van der Waals surface area contributed by atoms with E-state index in [1.165, 1.54) is 24.3 Å². The molecule has 0 radical (unpaired) electrons. The largest absolute Gasteiger partial charge is 0.508 e. The number of allylic oxidation sites excluding steroid dienone is 1. The first-order chi connectivity index (χ1) is 17.8. The van der Waals surface area contributed by atoms with Crippen LogP contribution in [0, 0.1) is 0 Å². The van der Waals surface area contributed by atoms with Gasteiger partial charge in [0.25, 0.3) is 0 Å². The number of phenolic OH excluding ortho intramolecular Hbond substituents is 4. The maximum atomic E-state index is 12.1. The van der Waals surface area contributed by atoms with Gasteiger partial charge in [-0.1, -0.05) is 72.8 Å². The summed E-state index contributed by atoms with van der Waals surface area (Å²) in [6, 6.07) is 25.5. The molecule has 0 amide bonds. The van der Waals surface area contributed by atoms with E-state index < -0.39 is 6.10 Å². The second kappa shape index (κ2) is 11.1. The fourth-order valence-electron chi connectivity index (χ4n) is 3.79. The van der Waals surface area contributed by atoms with Crippen LogP contribution in [0.4, 0.5) is 0 Å². The van der Waals surface area contributed by atoms with Crippen molar-refractivity contribution in [3.8, 4) is 28.7 Å². The Kier molecular flexibility index (Phi) is 7.54. The van der Waals surface area contributed by atoms with Gasteiger partial charge in [0.05, 0.1) is 6.42 Å². The molecule has 0 bridgehead atoms. The fraction of sp³-hybridized carbons (Fsp3) is 0.0667. The number of hydrogen-bond acceptors (Lipinski definition) is 7. The van der Waals surface area contributed by atoms with Gasteiger partial charge in [-0.25, -0.2) is 0 Å². The molecule has 1 aliphatic heterocycles. The lowest BCUT2D eigenvalue weighted by Crippen LogP contribution is -2.20. The summed E-state index contributed by atoms with van der Waals surface area (Å²) in [5.74, 6) is -1.34. The third-order valence-corrected chi connectivity index (χ3v) is 5.64. The normalized spacial score (nSPS) is 14.3. The number of carbonyl (C=O) groups is 2. The summed E-state index contributed by atoms with van der Waals surface area (Å²) in [6.45, 7) is 0. The molecule has 0 aromatic heterocycles. The monoisotopic (exact) mass is 496 g/mol. The number of ketones is 2.